The molecule has 2 heteroatoms. The Balaban J connectivity index is 1.90. The second-order valence-corrected chi connectivity index (χ2v) is 7.11. The first-order valence-electron chi connectivity index (χ1n) is 9.56. The fourth-order valence-electron chi connectivity index (χ4n) is 3.41. The molecule has 0 saturated heterocycles. The maximum atomic E-state index is 6.37. The minimum Gasteiger partial charge on any atom is -0.493 e. The highest BCUT2D eigenvalue weighted by atomic mass is 16.5. The Hall–Kier alpha value is -2.32. The summed E-state index contributed by atoms with van der Waals surface area (Å²) in [4.78, 5) is 2.21. The Morgan fingerprint density at radius 2 is 1.62 bits per heavy atom. The zero-order valence-electron chi connectivity index (χ0n) is 15.9. The van der Waals surface area contributed by atoms with Crippen LogP contribution in [0.2, 0.25) is 0 Å². The van der Waals surface area contributed by atoms with Crippen LogP contribution in [0.4, 0.5) is 0 Å². The fourth-order valence-corrected chi connectivity index (χ4v) is 3.41. The number of nitrogens with zero attached hydrogens (tertiary/aromatic N) is 1. The molecule has 1 aliphatic carbocycles. The van der Waals surface area contributed by atoms with Crippen molar-refractivity contribution in [3.63, 3.8) is 0 Å². The quantitative estimate of drug-likeness (QED) is 0.602. The molecule has 0 atom stereocenters. The highest BCUT2D eigenvalue weighted by molar-refractivity contribution is 5.75. The molecule has 0 amide bonds. The van der Waals surface area contributed by atoms with Crippen molar-refractivity contribution < 1.29 is 4.74 Å². The molecule has 0 radical (unpaired) electrons. The summed E-state index contributed by atoms with van der Waals surface area (Å²) >= 11 is 0. The summed E-state index contributed by atoms with van der Waals surface area (Å²) in [5.74, 6) is 1.10. The van der Waals surface area contributed by atoms with Gasteiger partial charge in [0.2, 0.25) is 0 Å². The average molecular weight is 348 g/mol. The van der Waals surface area contributed by atoms with Gasteiger partial charge in [-0.1, -0.05) is 60.7 Å². The van der Waals surface area contributed by atoms with Crippen LogP contribution in [0.5, 0.6) is 0 Å². The van der Waals surface area contributed by atoms with Crippen molar-refractivity contribution in [2.75, 3.05) is 27.2 Å². The van der Waals surface area contributed by atoms with Crippen molar-refractivity contribution in [3.8, 4) is 0 Å². The molecule has 0 heterocycles. The monoisotopic (exact) mass is 347 g/mol. The van der Waals surface area contributed by atoms with Crippen molar-refractivity contribution in [1.82, 2.24) is 4.90 Å². The van der Waals surface area contributed by atoms with E-state index in [9.17, 15) is 0 Å². The summed E-state index contributed by atoms with van der Waals surface area (Å²) in [6.45, 7) is 1.81. The van der Waals surface area contributed by atoms with Crippen LogP contribution in [0.15, 0.2) is 72.0 Å². The van der Waals surface area contributed by atoms with Crippen LogP contribution in [0.1, 0.15) is 36.8 Å². The molecule has 0 fully saturated rings. The lowest BCUT2D eigenvalue weighted by molar-refractivity contribution is 0.201. The first-order chi connectivity index (χ1) is 12.7. The van der Waals surface area contributed by atoms with Crippen molar-refractivity contribution in [2.45, 2.75) is 25.7 Å². The largest absolute Gasteiger partial charge is 0.493 e. The Bertz CT molecular complexity index is 744. The summed E-state index contributed by atoms with van der Waals surface area (Å²) in [7, 11) is 4.21. The summed E-state index contributed by atoms with van der Waals surface area (Å²) in [6, 6.07) is 21.3. The van der Waals surface area contributed by atoms with E-state index in [1.165, 1.54) is 28.7 Å². The second kappa shape index (κ2) is 9.40. The normalized spacial score (nSPS) is 16.3. The average Bonchev–Trinajstić information content (AvgIpc) is 2.67. The van der Waals surface area contributed by atoms with E-state index < -0.39 is 0 Å². The third-order valence-electron chi connectivity index (χ3n) is 4.70. The van der Waals surface area contributed by atoms with Crippen molar-refractivity contribution in [3.05, 3.63) is 83.1 Å². The van der Waals surface area contributed by atoms with Gasteiger partial charge >= 0.3 is 0 Å². The fraction of sp³-hybridized carbons (Fsp3) is 0.333. The number of benzene rings is 2. The molecule has 2 aromatic carbocycles. The van der Waals surface area contributed by atoms with Gasteiger partial charge in [0.05, 0.1) is 6.61 Å². The molecule has 1 aliphatic rings. The molecule has 0 saturated carbocycles. The van der Waals surface area contributed by atoms with Crippen LogP contribution >= 0.6 is 0 Å². The van der Waals surface area contributed by atoms with Crippen molar-refractivity contribution in [1.29, 1.82) is 0 Å². The van der Waals surface area contributed by atoms with Crippen molar-refractivity contribution in [2.24, 2.45) is 0 Å². The number of rotatable bonds is 7. The van der Waals surface area contributed by atoms with Crippen LogP contribution in [-0.4, -0.2) is 32.1 Å². The number of allylic oxidation sites excluding steroid dienone is 2. The maximum Gasteiger partial charge on any atom is 0.126 e. The van der Waals surface area contributed by atoms with Gasteiger partial charge < -0.3 is 9.64 Å². The van der Waals surface area contributed by atoms with E-state index in [2.05, 4.69) is 85.7 Å². The topological polar surface area (TPSA) is 12.5 Å². The zero-order valence-corrected chi connectivity index (χ0v) is 15.9. The molecule has 0 aromatic heterocycles. The van der Waals surface area contributed by atoms with E-state index in [4.69, 9.17) is 4.74 Å². The van der Waals surface area contributed by atoms with E-state index in [0.29, 0.717) is 0 Å². The summed E-state index contributed by atoms with van der Waals surface area (Å²) in [5, 5.41) is 0. The van der Waals surface area contributed by atoms with Gasteiger partial charge in [0.15, 0.2) is 0 Å². The molecule has 3 rings (SSSR count). The molecular formula is C24H29NO. The minimum atomic E-state index is 0.760. The summed E-state index contributed by atoms with van der Waals surface area (Å²) < 4.78 is 6.37. The smallest absolute Gasteiger partial charge is 0.126 e. The van der Waals surface area contributed by atoms with E-state index in [1.54, 1.807) is 0 Å². The van der Waals surface area contributed by atoms with Gasteiger partial charge in [-0.15, -0.1) is 0 Å². The molecule has 0 N–H and O–H groups in total. The summed E-state index contributed by atoms with van der Waals surface area (Å²) in [6.07, 6.45) is 6.67. The van der Waals surface area contributed by atoms with Gasteiger partial charge in [0, 0.05) is 12.1 Å². The molecule has 2 aromatic rings. The first-order valence-corrected chi connectivity index (χ1v) is 9.56. The van der Waals surface area contributed by atoms with Gasteiger partial charge in [-0.25, -0.2) is 0 Å². The molecule has 0 bridgehead atoms. The minimum absolute atomic E-state index is 0.760. The molecule has 136 valence electrons. The van der Waals surface area contributed by atoms with Crippen LogP contribution < -0.4 is 0 Å². The number of hydrogen-bond donors (Lipinski definition) is 0. The molecule has 2 nitrogen and oxygen atoms in total. The van der Waals surface area contributed by atoms with Crippen molar-refractivity contribution >= 4 is 11.6 Å². The predicted octanol–water partition coefficient (Wildman–Crippen LogP) is 5.63. The van der Waals surface area contributed by atoms with E-state index in [0.717, 1.165) is 38.2 Å². The third kappa shape index (κ3) is 5.09. The van der Waals surface area contributed by atoms with E-state index in [-0.39, 0.29) is 0 Å². The number of hydrogen-bond acceptors (Lipinski definition) is 2. The lowest BCUT2D eigenvalue weighted by Gasteiger charge is -2.24. The van der Waals surface area contributed by atoms with Crippen LogP contribution in [0.25, 0.3) is 11.6 Å². The summed E-state index contributed by atoms with van der Waals surface area (Å²) in [5.41, 5.74) is 5.20. The van der Waals surface area contributed by atoms with Gasteiger partial charge in [0.25, 0.3) is 0 Å². The van der Waals surface area contributed by atoms with Gasteiger partial charge in [0.1, 0.15) is 5.76 Å². The molecule has 0 spiro atoms. The molecule has 0 aliphatic heterocycles. The van der Waals surface area contributed by atoms with Gasteiger partial charge in [-0.3, -0.25) is 0 Å². The van der Waals surface area contributed by atoms with Crippen LogP contribution in [-0.2, 0) is 4.74 Å². The Kier molecular flexibility index (Phi) is 6.68. The SMILES string of the molecule is CN(C)CCCOC1=C(c2ccccc2)CCCC1=Cc1ccccc1. The van der Waals surface area contributed by atoms with E-state index >= 15 is 0 Å². The highest BCUT2D eigenvalue weighted by Gasteiger charge is 2.20. The van der Waals surface area contributed by atoms with E-state index in [1.807, 2.05) is 0 Å². The third-order valence-corrected chi connectivity index (χ3v) is 4.70. The predicted molar refractivity (Wildman–Crippen MR) is 111 cm³/mol. The molecule has 26 heavy (non-hydrogen) atoms. The lowest BCUT2D eigenvalue weighted by atomic mass is 9.88. The number of ether oxygens (including phenoxy) is 1. The van der Waals surface area contributed by atoms with Crippen LogP contribution in [0, 0.1) is 0 Å². The molecule has 0 unspecified atom stereocenters. The first kappa shape index (κ1) is 18.5. The zero-order chi connectivity index (χ0) is 18.2. The lowest BCUT2D eigenvalue weighted by Crippen LogP contribution is -2.15. The van der Waals surface area contributed by atoms with Gasteiger partial charge in [-0.2, -0.15) is 0 Å². The van der Waals surface area contributed by atoms with Gasteiger partial charge in [-0.05, 0) is 62.6 Å². The Morgan fingerprint density at radius 3 is 2.31 bits per heavy atom. The second-order valence-electron chi connectivity index (χ2n) is 7.11. The van der Waals surface area contributed by atoms with Crippen LogP contribution in [0.3, 0.4) is 0 Å². The Labute approximate surface area is 157 Å². The Morgan fingerprint density at radius 1 is 0.923 bits per heavy atom. The standard InChI is InChI=1S/C24H29NO/c1-25(2)17-10-18-26-24-22(19-20-11-5-3-6-12-20)15-9-16-23(24)21-13-7-4-8-14-21/h3-8,11-14,19H,9-10,15-18H2,1-2H3. The maximum absolute atomic E-state index is 6.37. The molecular weight excluding hydrogens is 318 g/mol. The highest BCUT2D eigenvalue weighted by Crippen LogP contribution is 2.37.